The lowest BCUT2D eigenvalue weighted by Crippen LogP contribution is -2.09. The number of ether oxygens (including phenoxy) is 1. The standard InChI is InChI=1S/C26H21IN2O/c27-23-15-11-22(12-16-23)20-30-26-17-13-21(14-18-26)19-28-29(24-7-3-1-4-8-24)25-9-5-2-6-10-25/h1-19H,20H2/b28-19-. The van der Waals surface area contributed by atoms with E-state index in [1.54, 1.807) is 0 Å². The van der Waals surface area contributed by atoms with Crippen LogP contribution in [0.2, 0.25) is 0 Å². The summed E-state index contributed by atoms with van der Waals surface area (Å²) in [5.74, 6) is 0.841. The van der Waals surface area contributed by atoms with E-state index in [0.717, 1.165) is 28.3 Å². The Morgan fingerprint density at radius 3 is 1.83 bits per heavy atom. The number of anilines is 2. The number of hydrazone groups is 1. The van der Waals surface area contributed by atoms with E-state index in [4.69, 9.17) is 9.84 Å². The van der Waals surface area contributed by atoms with Crippen LogP contribution in [0.4, 0.5) is 11.4 Å². The molecule has 0 aliphatic heterocycles. The van der Waals surface area contributed by atoms with Gasteiger partial charge in [-0.15, -0.1) is 0 Å². The molecule has 0 radical (unpaired) electrons. The maximum Gasteiger partial charge on any atom is 0.119 e. The third-order valence-electron chi connectivity index (χ3n) is 4.52. The number of hydrogen-bond donors (Lipinski definition) is 0. The zero-order valence-corrected chi connectivity index (χ0v) is 18.5. The van der Waals surface area contributed by atoms with Crippen LogP contribution in [-0.4, -0.2) is 6.21 Å². The number of hydrogen-bond acceptors (Lipinski definition) is 3. The van der Waals surface area contributed by atoms with Crippen molar-refractivity contribution in [3.05, 3.63) is 124 Å². The molecule has 0 fully saturated rings. The largest absolute Gasteiger partial charge is 0.489 e. The summed E-state index contributed by atoms with van der Waals surface area (Å²) in [5, 5.41) is 6.66. The van der Waals surface area contributed by atoms with Crippen LogP contribution in [0.25, 0.3) is 0 Å². The van der Waals surface area contributed by atoms with Gasteiger partial charge in [-0.05, 0) is 94.4 Å². The molecule has 0 spiro atoms. The van der Waals surface area contributed by atoms with Crippen molar-refractivity contribution in [2.75, 3.05) is 5.01 Å². The average molecular weight is 504 g/mol. The number of rotatable bonds is 7. The van der Waals surface area contributed by atoms with Gasteiger partial charge in [0.05, 0.1) is 17.6 Å². The summed E-state index contributed by atoms with van der Waals surface area (Å²) in [4.78, 5) is 0. The molecule has 0 bridgehead atoms. The topological polar surface area (TPSA) is 24.8 Å². The van der Waals surface area contributed by atoms with Crippen LogP contribution in [0.5, 0.6) is 5.75 Å². The van der Waals surface area contributed by atoms with Crippen LogP contribution in [0.3, 0.4) is 0 Å². The summed E-state index contributed by atoms with van der Waals surface area (Å²) in [6, 6.07) is 36.6. The maximum absolute atomic E-state index is 5.89. The summed E-state index contributed by atoms with van der Waals surface area (Å²) < 4.78 is 7.12. The minimum absolute atomic E-state index is 0.556. The average Bonchev–Trinajstić information content (AvgIpc) is 2.81. The number of benzene rings is 4. The highest BCUT2D eigenvalue weighted by Gasteiger charge is 2.06. The molecule has 4 heteroatoms. The molecule has 0 aliphatic carbocycles. The van der Waals surface area contributed by atoms with Crippen LogP contribution >= 0.6 is 22.6 Å². The van der Waals surface area contributed by atoms with Crippen molar-refractivity contribution in [2.24, 2.45) is 5.10 Å². The van der Waals surface area contributed by atoms with Crippen molar-refractivity contribution in [1.82, 2.24) is 0 Å². The van der Waals surface area contributed by atoms with Gasteiger partial charge in [0.1, 0.15) is 12.4 Å². The third kappa shape index (κ3) is 5.48. The summed E-state index contributed by atoms with van der Waals surface area (Å²) in [6.45, 7) is 0.556. The van der Waals surface area contributed by atoms with Gasteiger partial charge in [0, 0.05) is 3.57 Å². The second-order valence-electron chi connectivity index (χ2n) is 6.71. The SMILES string of the molecule is Ic1ccc(COc2ccc(/C=N\N(c3ccccc3)c3ccccc3)cc2)cc1. The van der Waals surface area contributed by atoms with Crippen LogP contribution in [0.1, 0.15) is 11.1 Å². The molecular formula is C26H21IN2O. The Kier molecular flexibility index (Phi) is 6.77. The predicted octanol–water partition coefficient (Wildman–Crippen LogP) is 7.04. The van der Waals surface area contributed by atoms with Gasteiger partial charge >= 0.3 is 0 Å². The van der Waals surface area contributed by atoms with E-state index in [1.807, 2.05) is 96.2 Å². The first-order valence-corrected chi connectivity index (χ1v) is 10.8. The zero-order valence-electron chi connectivity index (χ0n) is 16.4. The van der Waals surface area contributed by atoms with Crippen LogP contribution in [0.15, 0.2) is 114 Å². The van der Waals surface area contributed by atoms with Gasteiger partial charge in [-0.1, -0.05) is 48.5 Å². The van der Waals surface area contributed by atoms with E-state index >= 15 is 0 Å². The molecule has 0 amide bonds. The maximum atomic E-state index is 5.89. The molecule has 0 saturated heterocycles. The van der Waals surface area contributed by atoms with E-state index in [0.29, 0.717) is 6.61 Å². The summed E-state index contributed by atoms with van der Waals surface area (Å²) in [6.07, 6.45) is 1.86. The summed E-state index contributed by atoms with van der Waals surface area (Å²) in [7, 11) is 0. The van der Waals surface area contributed by atoms with Gasteiger partial charge in [-0.3, -0.25) is 0 Å². The van der Waals surface area contributed by atoms with Gasteiger partial charge in [0.2, 0.25) is 0 Å². The highest BCUT2D eigenvalue weighted by molar-refractivity contribution is 14.1. The molecule has 0 N–H and O–H groups in total. The molecule has 148 valence electrons. The molecule has 0 aromatic heterocycles. The van der Waals surface area contributed by atoms with Gasteiger partial charge < -0.3 is 4.74 Å². The molecule has 0 aliphatic rings. The van der Waals surface area contributed by atoms with Gasteiger partial charge in [-0.2, -0.15) is 5.10 Å². The molecule has 3 nitrogen and oxygen atoms in total. The van der Waals surface area contributed by atoms with Crippen LogP contribution in [-0.2, 0) is 6.61 Å². The molecule has 4 aromatic rings. The third-order valence-corrected chi connectivity index (χ3v) is 5.24. The number of halogens is 1. The highest BCUT2D eigenvalue weighted by Crippen LogP contribution is 2.25. The fourth-order valence-corrected chi connectivity index (χ4v) is 3.30. The van der Waals surface area contributed by atoms with Crippen LogP contribution in [0, 0.1) is 3.57 Å². The first-order valence-electron chi connectivity index (χ1n) is 9.69. The lowest BCUT2D eigenvalue weighted by Gasteiger charge is -2.19. The van der Waals surface area contributed by atoms with Crippen molar-refractivity contribution in [3.8, 4) is 5.75 Å². The van der Waals surface area contributed by atoms with Gasteiger partial charge in [-0.25, -0.2) is 5.01 Å². The Bertz CT molecular complexity index is 1040. The van der Waals surface area contributed by atoms with Crippen molar-refractivity contribution < 1.29 is 4.74 Å². The van der Waals surface area contributed by atoms with Crippen molar-refractivity contribution in [3.63, 3.8) is 0 Å². The monoisotopic (exact) mass is 504 g/mol. The van der Waals surface area contributed by atoms with E-state index < -0.39 is 0 Å². The first kappa shape index (κ1) is 20.2. The highest BCUT2D eigenvalue weighted by atomic mass is 127. The Morgan fingerprint density at radius 1 is 0.700 bits per heavy atom. The smallest absolute Gasteiger partial charge is 0.119 e. The predicted molar refractivity (Wildman–Crippen MR) is 133 cm³/mol. The zero-order chi connectivity index (χ0) is 20.6. The van der Waals surface area contributed by atoms with E-state index in [1.165, 1.54) is 3.57 Å². The fourth-order valence-electron chi connectivity index (χ4n) is 2.94. The number of nitrogens with zero attached hydrogens (tertiary/aromatic N) is 2. The Labute approximate surface area is 190 Å². The second kappa shape index (κ2) is 10.1. The van der Waals surface area contributed by atoms with Crippen molar-refractivity contribution in [2.45, 2.75) is 6.61 Å². The van der Waals surface area contributed by atoms with E-state index in [9.17, 15) is 0 Å². The minimum atomic E-state index is 0.556. The quantitative estimate of drug-likeness (QED) is 0.153. The number of para-hydroxylation sites is 2. The molecule has 0 heterocycles. The lowest BCUT2D eigenvalue weighted by molar-refractivity contribution is 0.306. The second-order valence-corrected chi connectivity index (χ2v) is 7.96. The molecule has 0 saturated carbocycles. The van der Waals surface area contributed by atoms with Gasteiger partial charge in [0.25, 0.3) is 0 Å². The summed E-state index contributed by atoms with van der Waals surface area (Å²) in [5.41, 5.74) is 4.19. The molecule has 4 rings (SSSR count). The Hall–Kier alpha value is -3.12. The fraction of sp³-hybridized carbons (Fsp3) is 0.0385. The Morgan fingerprint density at radius 2 is 1.27 bits per heavy atom. The van der Waals surface area contributed by atoms with Crippen molar-refractivity contribution >= 4 is 40.2 Å². The summed E-state index contributed by atoms with van der Waals surface area (Å²) >= 11 is 2.30. The molecule has 4 aromatic carbocycles. The molecule has 30 heavy (non-hydrogen) atoms. The molecule has 0 atom stereocenters. The first-order chi connectivity index (χ1) is 14.8. The van der Waals surface area contributed by atoms with Crippen molar-refractivity contribution in [1.29, 1.82) is 0 Å². The van der Waals surface area contributed by atoms with E-state index in [-0.39, 0.29) is 0 Å². The Balaban J connectivity index is 1.46. The lowest BCUT2D eigenvalue weighted by atomic mass is 10.2. The van der Waals surface area contributed by atoms with Gasteiger partial charge in [0.15, 0.2) is 0 Å². The normalized spacial score (nSPS) is 10.8. The van der Waals surface area contributed by atoms with E-state index in [2.05, 4.69) is 46.9 Å². The molecular weight excluding hydrogens is 483 g/mol. The molecule has 0 unspecified atom stereocenters. The minimum Gasteiger partial charge on any atom is -0.489 e. The van der Waals surface area contributed by atoms with Crippen LogP contribution < -0.4 is 9.75 Å².